The monoisotopic (exact) mass is 455 g/mol. The Bertz CT molecular complexity index is 914. The van der Waals surface area contributed by atoms with Crippen molar-refractivity contribution in [3.63, 3.8) is 0 Å². The quantitative estimate of drug-likeness (QED) is 0.451. The molecule has 148 valence electrons. The van der Waals surface area contributed by atoms with Gasteiger partial charge < -0.3 is 5.43 Å². The summed E-state index contributed by atoms with van der Waals surface area (Å²) in [5, 5.41) is 3.53. The SMILES string of the molecule is NN1c2c(Cl)ccc(Cl)c2N=C(NNCc2cccc(Cl)c2)C12CCSCC2. The van der Waals surface area contributed by atoms with E-state index >= 15 is 0 Å². The molecule has 2 aromatic carbocycles. The first-order valence-corrected chi connectivity index (χ1v) is 11.2. The molecule has 5 nitrogen and oxygen atoms in total. The summed E-state index contributed by atoms with van der Waals surface area (Å²) in [5.74, 6) is 9.38. The zero-order valence-corrected chi connectivity index (χ0v) is 18.1. The Morgan fingerprint density at radius 2 is 1.86 bits per heavy atom. The van der Waals surface area contributed by atoms with Crippen molar-refractivity contribution in [1.82, 2.24) is 10.9 Å². The van der Waals surface area contributed by atoms with Gasteiger partial charge >= 0.3 is 0 Å². The summed E-state index contributed by atoms with van der Waals surface area (Å²) < 4.78 is 0. The van der Waals surface area contributed by atoms with E-state index in [4.69, 9.17) is 45.6 Å². The third kappa shape index (κ3) is 3.70. The second-order valence-electron chi connectivity index (χ2n) is 6.81. The molecule has 0 radical (unpaired) electrons. The van der Waals surface area contributed by atoms with Gasteiger partial charge in [0, 0.05) is 11.6 Å². The predicted molar refractivity (Wildman–Crippen MR) is 121 cm³/mol. The van der Waals surface area contributed by atoms with E-state index in [0.29, 0.717) is 33.0 Å². The van der Waals surface area contributed by atoms with Crippen LogP contribution in [0.25, 0.3) is 0 Å². The van der Waals surface area contributed by atoms with E-state index in [0.717, 1.165) is 35.7 Å². The van der Waals surface area contributed by atoms with Crippen molar-refractivity contribution in [2.24, 2.45) is 10.8 Å². The fourth-order valence-corrected chi connectivity index (χ4v) is 5.44. The van der Waals surface area contributed by atoms with Gasteiger partial charge in [-0.25, -0.2) is 16.3 Å². The molecule has 4 N–H and O–H groups in total. The van der Waals surface area contributed by atoms with Gasteiger partial charge in [0.15, 0.2) is 0 Å². The summed E-state index contributed by atoms with van der Waals surface area (Å²) in [6.45, 7) is 0.588. The van der Waals surface area contributed by atoms with E-state index in [-0.39, 0.29) is 0 Å². The molecule has 1 spiro atoms. The second-order valence-corrected chi connectivity index (χ2v) is 9.28. The molecule has 0 amide bonds. The largest absolute Gasteiger partial charge is 0.307 e. The third-order valence-corrected chi connectivity index (χ3v) is 6.96. The molecular formula is C19H20Cl3N5S. The van der Waals surface area contributed by atoms with Crippen LogP contribution in [0.3, 0.4) is 0 Å². The van der Waals surface area contributed by atoms with Crippen LogP contribution in [0.4, 0.5) is 11.4 Å². The number of benzene rings is 2. The lowest BCUT2D eigenvalue weighted by atomic mass is 9.87. The maximum Gasteiger partial charge on any atom is 0.144 e. The minimum atomic E-state index is -0.450. The number of thioether (sulfide) groups is 1. The van der Waals surface area contributed by atoms with E-state index in [2.05, 4.69) is 10.9 Å². The van der Waals surface area contributed by atoms with Gasteiger partial charge in [-0.2, -0.15) is 11.8 Å². The summed E-state index contributed by atoms with van der Waals surface area (Å²) in [6, 6.07) is 11.2. The lowest BCUT2D eigenvalue weighted by Crippen LogP contribution is -2.66. The highest BCUT2D eigenvalue weighted by atomic mass is 35.5. The fourth-order valence-electron chi connectivity index (χ4n) is 3.62. The molecule has 2 aliphatic heterocycles. The zero-order chi connectivity index (χ0) is 19.7. The highest BCUT2D eigenvalue weighted by Gasteiger charge is 2.46. The van der Waals surface area contributed by atoms with Crippen molar-refractivity contribution >= 4 is 63.8 Å². The number of hydrogen-bond donors (Lipinski definition) is 3. The van der Waals surface area contributed by atoms with Crippen molar-refractivity contribution in [1.29, 1.82) is 0 Å². The molecule has 1 fully saturated rings. The van der Waals surface area contributed by atoms with Crippen LogP contribution in [0.5, 0.6) is 0 Å². The van der Waals surface area contributed by atoms with Gasteiger partial charge in [-0.15, -0.1) is 0 Å². The molecule has 2 heterocycles. The number of rotatable bonds is 3. The molecule has 9 heteroatoms. The molecule has 0 aliphatic carbocycles. The molecule has 4 rings (SSSR count). The van der Waals surface area contributed by atoms with E-state index in [9.17, 15) is 0 Å². The Kier molecular flexibility index (Phi) is 5.97. The number of amidine groups is 1. The summed E-state index contributed by atoms with van der Waals surface area (Å²) in [4.78, 5) is 4.85. The Hall–Kier alpha value is -1.15. The number of nitrogens with two attached hydrogens (primary N) is 1. The predicted octanol–water partition coefficient (Wildman–Crippen LogP) is 4.93. The van der Waals surface area contributed by atoms with Gasteiger partial charge in [-0.1, -0.05) is 46.9 Å². The Labute approximate surface area is 183 Å². The molecular weight excluding hydrogens is 437 g/mol. The van der Waals surface area contributed by atoms with Gasteiger partial charge in [-0.05, 0) is 54.2 Å². The van der Waals surface area contributed by atoms with Gasteiger partial charge in [-0.3, -0.25) is 5.01 Å². The number of aliphatic imine (C=N–C) groups is 1. The van der Waals surface area contributed by atoms with Crippen LogP contribution in [0.15, 0.2) is 41.4 Å². The first kappa shape index (κ1) is 20.1. The van der Waals surface area contributed by atoms with E-state index in [1.807, 2.05) is 36.0 Å². The number of fused-ring (bicyclic) bond motifs is 1. The number of hydrazine groups is 2. The maximum absolute atomic E-state index is 6.63. The summed E-state index contributed by atoms with van der Waals surface area (Å²) in [7, 11) is 0. The third-order valence-electron chi connectivity index (χ3n) is 5.13. The van der Waals surface area contributed by atoms with Gasteiger partial charge in [0.05, 0.1) is 15.7 Å². The number of hydrogen-bond acceptors (Lipinski definition) is 6. The zero-order valence-electron chi connectivity index (χ0n) is 15.0. The smallest absolute Gasteiger partial charge is 0.144 e. The molecule has 0 unspecified atom stereocenters. The van der Waals surface area contributed by atoms with Crippen LogP contribution in [-0.4, -0.2) is 22.9 Å². The highest BCUT2D eigenvalue weighted by molar-refractivity contribution is 7.99. The lowest BCUT2D eigenvalue weighted by molar-refractivity contribution is 0.447. The molecule has 0 atom stereocenters. The second kappa shape index (κ2) is 8.30. The number of nitrogens with zero attached hydrogens (tertiary/aromatic N) is 2. The van der Waals surface area contributed by atoms with Crippen molar-refractivity contribution in [2.45, 2.75) is 24.9 Å². The van der Waals surface area contributed by atoms with Crippen LogP contribution in [-0.2, 0) is 6.54 Å². The molecule has 0 aromatic heterocycles. The molecule has 0 saturated carbocycles. The Morgan fingerprint density at radius 1 is 1.11 bits per heavy atom. The van der Waals surface area contributed by atoms with E-state index in [1.54, 1.807) is 17.1 Å². The number of anilines is 1. The van der Waals surface area contributed by atoms with Crippen molar-refractivity contribution in [3.8, 4) is 0 Å². The molecule has 0 bridgehead atoms. The van der Waals surface area contributed by atoms with Crippen molar-refractivity contribution < 1.29 is 0 Å². The summed E-state index contributed by atoms with van der Waals surface area (Å²) in [6.07, 6.45) is 1.72. The summed E-state index contributed by atoms with van der Waals surface area (Å²) >= 11 is 20.9. The minimum Gasteiger partial charge on any atom is -0.307 e. The summed E-state index contributed by atoms with van der Waals surface area (Å²) in [5.41, 5.74) is 8.43. The lowest BCUT2D eigenvalue weighted by Gasteiger charge is -2.48. The van der Waals surface area contributed by atoms with Crippen LogP contribution in [0, 0.1) is 0 Å². The van der Waals surface area contributed by atoms with Gasteiger partial charge in [0.25, 0.3) is 0 Å². The number of halogens is 3. The van der Waals surface area contributed by atoms with Crippen molar-refractivity contribution in [3.05, 3.63) is 57.0 Å². The topological polar surface area (TPSA) is 65.7 Å². The maximum atomic E-state index is 6.63. The average Bonchev–Trinajstić information content (AvgIpc) is 2.69. The van der Waals surface area contributed by atoms with Gasteiger partial charge in [0.2, 0.25) is 0 Å². The van der Waals surface area contributed by atoms with Gasteiger partial charge in [0.1, 0.15) is 17.1 Å². The van der Waals surface area contributed by atoms with Crippen LogP contribution in [0.1, 0.15) is 18.4 Å². The van der Waals surface area contributed by atoms with Crippen molar-refractivity contribution in [2.75, 3.05) is 16.5 Å². The van der Waals surface area contributed by atoms with E-state index < -0.39 is 5.54 Å². The first-order valence-electron chi connectivity index (χ1n) is 8.94. The van der Waals surface area contributed by atoms with E-state index in [1.165, 1.54) is 0 Å². The molecule has 28 heavy (non-hydrogen) atoms. The minimum absolute atomic E-state index is 0.450. The molecule has 2 aromatic rings. The fraction of sp³-hybridized carbons (Fsp3) is 0.316. The van der Waals surface area contributed by atoms with Crippen LogP contribution in [0.2, 0.25) is 15.1 Å². The molecule has 2 aliphatic rings. The average molecular weight is 457 g/mol. The number of nitrogens with one attached hydrogen (secondary N) is 2. The van der Waals surface area contributed by atoms with Crippen LogP contribution >= 0.6 is 46.6 Å². The highest BCUT2D eigenvalue weighted by Crippen LogP contribution is 2.48. The Morgan fingerprint density at radius 3 is 2.61 bits per heavy atom. The van der Waals surface area contributed by atoms with Crippen LogP contribution < -0.4 is 21.7 Å². The Balaban J connectivity index is 1.65. The molecule has 1 saturated heterocycles. The standard InChI is InChI=1S/C19H20Cl3N5S/c20-13-3-1-2-12(10-13)11-24-26-18-19(6-8-28-9-7-19)27(23)17-15(22)5-4-14(21)16(17)25-18/h1-5,10,24H,6-9,11,23H2,(H,25,26). The first-order chi connectivity index (χ1) is 13.5. The normalized spacial score (nSPS) is 18.0.